The Hall–Kier alpha value is -1.30. The molecule has 1 amide bonds. The lowest BCUT2D eigenvalue weighted by Crippen LogP contribution is -2.28. The van der Waals surface area contributed by atoms with Crippen molar-refractivity contribution >= 4 is 23.4 Å². The zero-order chi connectivity index (χ0) is 15.8. The fraction of sp³-hybridized carbons (Fsp3) is 0.667. The molecule has 0 bridgehead atoms. The number of aromatic nitrogens is 2. The average Bonchev–Trinajstić information content (AvgIpc) is 2.47. The summed E-state index contributed by atoms with van der Waals surface area (Å²) in [4.78, 5) is 21.1. The fourth-order valence-corrected chi connectivity index (χ4v) is 2.11. The maximum absolute atomic E-state index is 12.3. The summed E-state index contributed by atoms with van der Waals surface area (Å²) in [7, 11) is 0. The molecular formula is C15H26N4OS. The van der Waals surface area contributed by atoms with Crippen molar-refractivity contribution in [2.24, 2.45) is 0 Å². The molecule has 1 heterocycles. The van der Waals surface area contributed by atoms with Gasteiger partial charge in [0, 0.05) is 24.3 Å². The Morgan fingerprint density at radius 1 is 1.38 bits per heavy atom. The van der Waals surface area contributed by atoms with E-state index in [0.717, 1.165) is 13.0 Å². The van der Waals surface area contributed by atoms with Crippen molar-refractivity contribution in [1.29, 1.82) is 0 Å². The first-order valence-electron chi connectivity index (χ1n) is 7.41. The summed E-state index contributed by atoms with van der Waals surface area (Å²) >= 11 is 1.80. The SMILES string of the molecule is CCNc1cnc(C(C)C)nc1C(=O)NCCC(C)SC. The van der Waals surface area contributed by atoms with Crippen LogP contribution in [0, 0.1) is 0 Å². The van der Waals surface area contributed by atoms with Crippen molar-refractivity contribution in [3.63, 3.8) is 0 Å². The summed E-state index contributed by atoms with van der Waals surface area (Å²) in [5.74, 6) is 0.756. The van der Waals surface area contributed by atoms with E-state index in [4.69, 9.17) is 0 Å². The molecule has 0 aromatic carbocycles. The van der Waals surface area contributed by atoms with Gasteiger partial charge < -0.3 is 10.6 Å². The molecule has 1 aromatic heterocycles. The average molecular weight is 310 g/mol. The second kappa shape index (κ2) is 8.87. The van der Waals surface area contributed by atoms with Crippen molar-refractivity contribution in [3.05, 3.63) is 17.7 Å². The highest BCUT2D eigenvalue weighted by atomic mass is 32.2. The first kappa shape index (κ1) is 17.8. The Bertz CT molecular complexity index is 465. The maximum atomic E-state index is 12.3. The molecule has 0 aliphatic rings. The summed E-state index contributed by atoms with van der Waals surface area (Å²) in [5.41, 5.74) is 1.13. The van der Waals surface area contributed by atoms with Gasteiger partial charge >= 0.3 is 0 Å². The fourth-order valence-electron chi connectivity index (χ4n) is 1.76. The van der Waals surface area contributed by atoms with Crippen LogP contribution in [-0.4, -0.2) is 40.5 Å². The number of carbonyl (C=O) groups is 1. The third-order valence-electron chi connectivity index (χ3n) is 3.14. The second-order valence-corrected chi connectivity index (χ2v) is 6.54. The van der Waals surface area contributed by atoms with Crippen molar-refractivity contribution in [2.45, 2.75) is 45.3 Å². The number of thioether (sulfide) groups is 1. The van der Waals surface area contributed by atoms with Gasteiger partial charge in [0.05, 0.1) is 11.9 Å². The largest absolute Gasteiger partial charge is 0.382 e. The Morgan fingerprint density at radius 3 is 2.67 bits per heavy atom. The highest BCUT2D eigenvalue weighted by Gasteiger charge is 2.16. The number of amides is 1. The van der Waals surface area contributed by atoms with E-state index >= 15 is 0 Å². The van der Waals surface area contributed by atoms with Crippen molar-refractivity contribution in [1.82, 2.24) is 15.3 Å². The van der Waals surface area contributed by atoms with Crippen molar-refractivity contribution < 1.29 is 4.79 Å². The van der Waals surface area contributed by atoms with Gasteiger partial charge in [0.25, 0.3) is 5.91 Å². The molecule has 1 atom stereocenters. The molecule has 1 aromatic rings. The van der Waals surface area contributed by atoms with Gasteiger partial charge in [-0.05, 0) is 19.6 Å². The molecule has 0 aliphatic carbocycles. The van der Waals surface area contributed by atoms with Crippen molar-refractivity contribution in [2.75, 3.05) is 24.7 Å². The lowest BCUT2D eigenvalue weighted by Gasteiger charge is -2.13. The molecule has 2 N–H and O–H groups in total. The number of rotatable bonds is 8. The molecule has 0 aliphatic heterocycles. The van der Waals surface area contributed by atoms with Gasteiger partial charge in [-0.25, -0.2) is 9.97 Å². The minimum Gasteiger partial charge on any atom is -0.382 e. The van der Waals surface area contributed by atoms with Crippen LogP contribution in [-0.2, 0) is 0 Å². The van der Waals surface area contributed by atoms with Gasteiger partial charge in [-0.15, -0.1) is 0 Å². The lowest BCUT2D eigenvalue weighted by molar-refractivity contribution is 0.0948. The summed E-state index contributed by atoms with van der Waals surface area (Å²) in [5, 5.41) is 6.63. The molecule has 5 nitrogen and oxygen atoms in total. The Morgan fingerprint density at radius 2 is 2.10 bits per heavy atom. The van der Waals surface area contributed by atoms with Crippen LogP contribution in [0.1, 0.15) is 56.3 Å². The predicted octanol–water partition coefficient (Wildman–Crippen LogP) is 2.90. The van der Waals surface area contributed by atoms with E-state index in [1.165, 1.54) is 0 Å². The van der Waals surface area contributed by atoms with Crippen LogP contribution < -0.4 is 10.6 Å². The highest BCUT2D eigenvalue weighted by Crippen LogP contribution is 2.16. The Labute approximate surface area is 131 Å². The van der Waals surface area contributed by atoms with Gasteiger partial charge in [-0.3, -0.25) is 4.79 Å². The van der Waals surface area contributed by atoms with Crippen LogP contribution >= 0.6 is 11.8 Å². The molecule has 1 rings (SSSR count). The monoisotopic (exact) mass is 310 g/mol. The number of hydrogen-bond acceptors (Lipinski definition) is 5. The minimum atomic E-state index is -0.136. The van der Waals surface area contributed by atoms with E-state index < -0.39 is 0 Å². The zero-order valence-corrected chi connectivity index (χ0v) is 14.4. The van der Waals surface area contributed by atoms with Gasteiger partial charge in [0.15, 0.2) is 5.69 Å². The Balaban J connectivity index is 2.81. The normalized spacial score (nSPS) is 12.3. The standard InChI is InChI=1S/C15H26N4OS/c1-6-16-12-9-18-14(10(2)3)19-13(12)15(20)17-8-7-11(4)21-5/h9-11,16H,6-8H2,1-5H3,(H,17,20). The molecular weight excluding hydrogens is 284 g/mol. The number of anilines is 1. The zero-order valence-electron chi connectivity index (χ0n) is 13.6. The van der Waals surface area contributed by atoms with Gasteiger partial charge in [-0.2, -0.15) is 11.8 Å². The molecule has 6 heteroatoms. The van der Waals surface area contributed by atoms with Crippen LogP contribution in [0.2, 0.25) is 0 Å². The smallest absolute Gasteiger partial charge is 0.272 e. The van der Waals surface area contributed by atoms with E-state index in [2.05, 4.69) is 33.8 Å². The summed E-state index contributed by atoms with van der Waals surface area (Å²) in [6.07, 6.45) is 4.73. The first-order chi connectivity index (χ1) is 9.99. The highest BCUT2D eigenvalue weighted by molar-refractivity contribution is 7.99. The first-order valence-corrected chi connectivity index (χ1v) is 8.70. The second-order valence-electron chi connectivity index (χ2n) is 5.27. The van der Waals surface area contributed by atoms with Crippen LogP contribution in [0.5, 0.6) is 0 Å². The van der Waals surface area contributed by atoms with Crippen molar-refractivity contribution in [3.8, 4) is 0 Å². The number of nitrogens with zero attached hydrogens (tertiary/aromatic N) is 2. The van der Waals surface area contributed by atoms with Crippen LogP contribution in [0.15, 0.2) is 6.20 Å². The topological polar surface area (TPSA) is 66.9 Å². The molecule has 0 saturated heterocycles. The van der Waals surface area contributed by atoms with Crippen LogP contribution in [0.4, 0.5) is 5.69 Å². The van der Waals surface area contributed by atoms with E-state index in [1.807, 2.05) is 20.8 Å². The maximum Gasteiger partial charge on any atom is 0.272 e. The van der Waals surface area contributed by atoms with Crippen LogP contribution in [0.25, 0.3) is 0 Å². The number of nitrogens with one attached hydrogen (secondary N) is 2. The number of carbonyl (C=O) groups excluding carboxylic acids is 1. The van der Waals surface area contributed by atoms with Gasteiger partial charge in [0.2, 0.25) is 0 Å². The number of hydrogen-bond donors (Lipinski definition) is 2. The quantitative estimate of drug-likeness (QED) is 0.773. The van der Waals surface area contributed by atoms with E-state index in [-0.39, 0.29) is 11.8 Å². The minimum absolute atomic E-state index is 0.136. The van der Waals surface area contributed by atoms with Gasteiger partial charge in [0.1, 0.15) is 5.82 Å². The summed E-state index contributed by atoms with van der Waals surface area (Å²) in [6.45, 7) is 9.57. The third kappa shape index (κ3) is 5.53. The Kier molecular flexibility index (Phi) is 7.50. The van der Waals surface area contributed by atoms with E-state index in [9.17, 15) is 4.79 Å². The van der Waals surface area contributed by atoms with E-state index in [0.29, 0.717) is 29.0 Å². The van der Waals surface area contributed by atoms with Crippen LogP contribution in [0.3, 0.4) is 0 Å². The molecule has 0 fully saturated rings. The van der Waals surface area contributed by atoms with E-state index in [1.54, 1.807) is 18.0 Å². The molecule has 21 heavy (non-hydrogen) atoms. The van der Waals surface area contributed by atoms with Gasteiger partial charge in [-0.1, -0.05) is 20.8 Å². The third-order valence-corrected chi connectivity index (χ3v) is 4.19. The summed E-state index contributed by atoms with van der Waals surface area (Å²) < 4.78 is 0. The summed E-state index contributed by atoms with van der Waals surface area (Å²) in [6, 6.07) is 0. The molecule has 0 radical (unpaired) electrons. The molecule has 0 spiro atoms. The molecule has 1 unspecified atom stereocenters. The molecule has 0 saturated carbocycles. The predicted molar refractivity (Wildman–Crippen MR) is 90.2 cm³/mol. The lowest BCUT2D eigenvalue weighted by atomic mass is 10.2. The molecule has 118 valence electrons.